The zero-order valence-corrected chi connectivity index (χ0v) is 8.89. The summed E-state index contributed by atoms with van der Waals surface area (Å²) in [7, 11) is 0. The number of aromatic hydroxyl groups is 1. The molecule has 1 amide bonds. The van der Waals surface area contributed by atoms with Gasteiger partial charge in [-0.3, -0.25) is 15.6 Å². The quantitative estimate of drug-likeness (QED) is 0.404. The van der Waals surface area contributed by atoms with E-state index in [4.69, 9.17) is 5.73 Å². The number of amides is 1. The zero-order chi connectivity index (χ0) is 11.4. The van der Waals surface area contributed by atoms with Crippen molar-refractivity contribution in [3.63, 3.8) is 0 Å². The number of phenolic OH excluding ortho intramolecular Hbond substituents is 1. The summed E-state index contributed by atoms with van der Waals surface area (Å²) in [6.45, 7) is 1.74. The Morgan fingerprint density at radius 2 is 2.13 bits per heavy atom. The van der Waals surface area contributed by atoms with Crippen LogP contribution in [-0.2, 0) is 0 Å². The molecular formula is C9H11N3O2S. The van der Waals surface area contributed by atoms with Crippen LogP contribution in [-0.4, -0.2) is 16.1 Å². The van der Waals surface area contributed by atoms with Crippen LogP contribution in [0.3, 0.4) is 0 Å². The van der Waals surface area contributed by atoms with Crippen LogP contribution in [0.4, 0.5) is 0 Å². The highest BCUT2D eigenvalue weighted by Gasteiger charge is 2.06. The van der Waals surface area contributed by atoms with Crippen molar-refractivity contribution in [3.05, 3.63) is 29.3 Å². The van der Waals surface area contributed by atoms with Crippen molar-refractivity contribution in [3.8, 4) is 5.75 Å². The summed E-state index contributed by atoms with van der Waals surface area (Å²) in [5, 5.41) is 9.35. The van der Waals surface area contributed by atoms with E-state index in [-0.39, 0.29) is 10.9 Å². The van der Waals surface area contributed by atoms with Gasteiger partial charge in [-0.05, 0) is 36.8 Å². The first-order chi connectivity index (χ1) is 7.00. The van der Waals surface area contributed by atoms with Gasteiger partial charge < -0.3 is 10.8 Å². The number of rotatable bonds is 1. The van der Waals surface area contributed by atoms with Crippen molar-refractivity contribution >= 4 is 23.2 Å². The number of phenols is 1. The number of benzene rings is 1. The Morgan fingerprint density at radius 1 is 1.47 bits per heavy atom. The van der Waals surface area contributed by atoms with Gasteiger partial charge in [0.05, 0.1) is 0 Å². The van der Waals surface area contributed by atoms with Crippen LogP contribution in [0, 0.1) is 6.92 Å². The molecule has 5 N–H and O–H groups in total. The minimum absolute atomic E-state index is 0.0281. The first-order valence-corrected chi connectivity index (χ1v) is 4.57. The fourth-order valence-corrected chi connectivity index (χ4v) is 0.992. The van der Waals surface area contributed by atoms with Gasteiger partial charge in [0.1, 0.15) is 5.75 Å². The molecule has 0 spiro atoms. The molecule has 1 rings (SSSR count). The molecule has 0 aliphatic heterocycles. The zero-order valence-electron chi connectivity index (χ0n) is 8.07. The third-order valence-electron chi connectivity index (χ3n) is 1.77. The van der Waals surface area contributed by atoms with Crippen LogP contribution in [0.5, 0.6) is 5.75 Å². The monoisotopic (exact) mass is 225 g/mol. The van der Waals surface area contributed by atoms with E-state index in [1.807, 2.05) is 0 Å². The first-order valence-electron chi connectivity index (χ1n) is 4.16. The van der Waals surface area contributed by atoms with Gasteiger partial charge in [-0.1, -0.05) is 6.07 Å². The van der Waals surface area contributed by atoms with Crippen molar-refractivity contribution in [2.45, 2.75) is 6.92 Å². The Morgan fingerprint density at radius 3 is 2.67 bits per heavy atom. The van der Waals surface area contributed by atoms with E-state index < -0.39 is 5.91 Å². The second kappa shape index (κ2) is 4.61. The Kier molecular flexibility index (Phi) is 3.46. The van der Waals surface area contributed by atoms with Crippen molar-refractivity contribution < 1.29 is 9.90 Å². The molecule has 80 valence electrons. The number of hydrogen-bond acceptors (Lipinski definition) is 3. The molecule has 0 aliphatic carbocycles. The number of thiocarbonyl (C=S) groups is 1. The second-order valence-corrected chi connectivity index (χ2v) is 3.38. The van der Waals surface area contributed by atoms with E-state index in [1.54, 1.807) is 19.1 Å². The van der Waals surface area contributed by atoms with Crippen molar-refractivity contribution in [2.24, 2.45) is 5.73 Å². The predicted molar refractivity (Wildman–Crippen MR) is 60.2 cm³/mol. The highest BCUT2D eigenvalue weighted by atomic mass is 32.1. The SMILES string of the molecule is Cc1ccc(C(=O)NNC(N)=S)cc1O. The third kappa shape index (κ3) is 3.10. The highest BCUT2D eigenvalue weighted by molar-refractivity contribution is 7.80. The molecule has 0 heterocycles. The molecule has 0 aromatic heterocycles. The number of carbonyl (C=O) groups is 1. The molecule has 0 unspecified atom stereocenters. The number of aryl methyl sites for hydroxylation is 1. The molecule has 0 atom stereocenters. The van der Waals surface area contributed by atoms with Crippen LogP contribution in [0.25, 0.3) is 0 Å². The lowest BCUT2D eigenvalue weighted by molar-refractivity contribution is 0.0943. The number of hydrogen-bond donors (Lipinski definition) is 4. The van der Waals surface area contributed by atoms with E-state index in [0.717, 1.165) is 0 Å². The van der Waals surface area contributed by atoms with Crippen molar-refractivity contribution in [1.29, 1.82) is 0 Å². The first kappa shape index (κ1) is 11.3. The van der Waals surface area contributed by atoms with Gasteiger partial charge in [0.2, 0.25) is 0 Å². The number of hydrazine groups is 1. The van der Waals surface area contributed by atoms with Crippen LogP contribution < -0.4 is 16.6 Å². The number of nitrogens with one attached hydrogen (secondary N) is 2. The van der Waals surface area contributed by atoms with Gasteiger partial charge in [-0.2, -0.15) is 0 Å². The molecule has 0 aliphatic rings. The summed E-state index contributed by atoms with van der Waals surface area (Å²) in [5.41, 5.74) is 10.7. The van der Waals surface area contributed by atoms with Crippen LogP contribution in [0.15, 0.2) is 18.2 Å². The van der Waals surface area contributed by atoms with E-state index in [9.17, 15) is 9.90 Å². The smallest absolute Gasteiger partial charge is 0.269 e. The summed E-state index contributed by atoms with van der Waals surface area (Å²) in [6, 6.07) is 4.60. The molecule has 1 aromatic rings. The molecule has 5 nitrogen and oxygen atoms in total. The Hall–Kier alpha value is -1.82. The summed E-state index contributed by atoms with van der Waals surface area (Å²) >= 11 is 4.51. The van der Waals surface area contributed by atoms with Gasteiger partial charge in [0.25, 0.3) is 5.91 Å². The lowest BCUT2D eigenvalue weighted by Gasteiger charge is -2.07. The molecule has 0 fully saturated rings. The van der Waals surface area contributed by atoms with Gasteiger partial charge in [-0.25, -0.2) is 0 Å². The van der Waals surface area contributed by atoms with Gasteiger partial charge in [0.15, 0.2) is 5.11 Å². The highest BCUT2D eigenvalue weighted by Crippen LogP contribution is 2.16. The normalized spacial score (nSPS) is 9.40. The van der Waals surface area contributed by atoms with E-state index in [0.29, 0.717) is 11.1 Å². The molecule has 0 radical (unpaired) electrons. The topological polar surface area (TPSA) is 87.4 Å². The van der Waals surface area contributed by atoms with Crippen LogP contribution in [0.2, 0.25) is 0 Å². The average molecular weight is 225 g/mol. The molecule has 6 heteroatoms. The lowest BCUT2D eigenvalue weighted by Crippen LogP contribution is -2.44. The lowest BCUT2D eigenvalue weighted by atomic mass is 10.1. The third-order valence-corrected chi connectivity index (χ3v) is 1.87. The number of nitrogens with two attached hydrogens (primary N) is 1. The van der Waals surface area contributed by atoms with Gasteiger partial charge in [0, 0.05) is 5.56 Å². The fraction of sp³-hybridized carbons (Fsp3) is 0.111. The molecule has 0 saturated heterocycles. The van der Waals surface area contributed by atoms with Crippen LogP contribution >= 0.6 is 12.2 Å². The van der Waals surface area contributed by atoms with Gasteiger partial charge >= 0.3 is 0 Å². The molecule has 1 aromatic carbocycles. The largest absolute Gasteiger partial charge is 0.508 e. The van der Waals surface area contributed by atoms with Crippen molar-refractivity contribution in [2.75, 3.05) is 0 Å². The van der Waals surface area contributed by atoms with Crippen molar-refractivity contribution in [1.82, 2.24) is 10.9 Å². The second-order valence-electron chi connectivity index (χ2n) is 2.94. The maximum atomic E-state index is 11.4. The predicted octanol–water partition coefficient (Wildman–Crippen LogP) is 0.179. The Labute approximate surface area is 92.3 Å². The molecule has 0 bridgehead atoms. The van der Waals surface area contributed by atoms with E-state index >= 15 is 0 Å². The molecule has 0 saturated carbocycles. The molecule has 15 heavy (non-hydrogen) atoms. The summed E-state index contributed by atoms with van der Waals surface area (Å²) in [6.07, 6.45) is 0. The van der Waals surface area contributed by atoms with E-state index in [2.05, 4.69) is 23.1 Å². The van der Waals surface area contributed by atoms with Crippen LogP contribution in [0.1, 0.15) is 15.9 Å². The maximum Gasteiger partial charge on any atom is 0.269 e. The number of carbonyl (C=O) groups excluding carboxylic acids is 1. The average Bonchev–Trinajstić information content (AvgIpc) is 2.18. The summed E-state index contributed by atoms with van der Waals surface area (Å²) in [5.74, 6) is -0.351. The summed E-state index contributed by atoms with van der Waals surface area (Å²) in [4.78, 5) is 11.4. The van der Waals surface area contributed by atoms with E-state index in [1.165, 1.54) is 6.07 Å². The van der Waals surface area contributed by atoms with Gasteiger partial charge in [-0.15, -0.1) is 0 Å². The standard InChI is InChI=1S/C9H11N3O2S/c1-5-2-3-6(4-7(5)13)8(14)11-12-9(10)15/h2-4,13H,1H3,(H,11,14)(H3,10,12,15). The fourth-order valence-electron chi connectivity index (χ4n) is 0.941. The Bertz CT molecular complexity index is 406. The summed E-state index contributed by atoms with van der Waals surface area (Å²) < 4.78 is 0. The maximum absolute atomic E-state index is 11.4. The molecular weight excluding hydrogens is 214 g/mol. The minimum atomic E-state index is -0.418. The minimum Gasteiger partial charge on any atom is -0.508 e. The Balaban J connectivity index is 2.74.